The van der Waals surface area contributed by atoms with Gasteiger partial charge in [-0.2, -0.15) is 0 Å². The van der Waals surface area contributed by atoms with Crippen LogP contribution in [0.15, 0.2) is 24.3 Å². The largest absolute Gasteiger partial charge is 0.490 e. The summed E-state index contributed by atoms with van der Waals surface area (Å²) in [5, 5.41) is 12.9. The number of likely N-dealkylation sites (N-methyl/N-ethyl adjacent to an activating group) is 1. The highest BCUT2D eigenvalue weighted by Gasteiger charge is 2.35. The maximum Gasteiger partial charge on any atom is 0.121 e. The third kappa shape index (κ3) is 3.44. The second-order valence-corrected chi connectivity index (χ2v) is 5.92. The molecule has 0 radical (unpaired) electrons. The highest BCUT2D eigenvalue weighted by molar-refractivity contribution is 5.49. The Morgan fingerprint density at radius 1 is 1.45 bits per heavy atom. The van der Waals surface area contributed by atoms with Crippen molar-refractivity contribution < 1.29 is 9.84 Å². The molecular weight excluding hydrogens is 252 g/mol. The lowest BCUT2D eigenvalue weighted by molar-refractivity contribution is 0.0555. The SMILES string of the molecule is CNC1(CO)CCCC(Oc2cccc(N(C)C)c2)C1. The van der Waals surface area contributed by atoms with Crippen molar-refractivity contribution in [3.63, 3.8) is 0 Å². The Morgan fingerprint density at radius 2 is 2.25 bits per heavy atom. The van der Waals surface area contributed by atoms with E-state index in [0.29, 0.717) is 0 Å². The number of nitrogens with one attached hydrogen (secondary N) is 1. The smallest absolute Gasteiger partial charge is 0.121 e. The van der Waals surface area contributed by atoms with Crippen LogP contribution in [0.5, 0.6) is 5.75 Å². The van der Waals surface area contributed by atoms with Crippen LogP contribution in [-0.4, -0.2) is 44.5 Å². The first-order chi connectivity index (χ1) is 9.58. The zero-order chi connectivity index (χ0) is 14.6. The second-order valence-electron chi connectivity index (χ2n) is 5.92. The molecule has 1 saturated carbocycles. The third-order valence-electron chi connectivity index (χ3n) is 4.27. The number of benzene rings is 1. The number of rotatable bonds is 5. The summed E-state index contributed by atoms with van der Waals surface area (Å²) >= 11 is 0. The summed E-state index contributed by atoms with van der Waals surface area (Å²) in [6.45, 7) is 0.168. The van der Waals surface area contributed by atoms with Gasteiger partial charge in [-0.05, 0) is 38.4 Å². The summed E-state index contributed by atoms with van der Waals surface area (Å²) in [5.41, 5.74) is 0.961. The molecule has 2 rings (SSSR count). The highest BCUT2D eigenvalue weighted by Crippen LogP contribution is 2.31. The normalized spacial score (nSPS) is 26.3. The molecule has 0 aromatic heterocycles. The number of anilines is 1. The van der Waals surface area contributed by atoms with Crippen molar-refractivity contribution in [1.82, 2.24) is 5.32 Å². The van der Waals surface area contributed by atoms with E-state index in [9.17, 15) is 5.11 Å². The first kappa shape index (κ1) is 15.1. The van der Waals surface area contributed by atoms with Crippen molar-refractivity contribution in [2.24, 2.45) is 0 Å². The molecular formula is C16H26N2O2. The average Bonchev–Trinajstić information content (AvgIpc) is 2.47. The molecule has 1 aliphatic carbocycles. The quantitative estimate of drug-likeness (QED) is 0.865. The standard InChI is InChI=1S/C16H26N2O2/c1-17-16(12-19)9-5-8-15(11-16)20-14-7-4-6-13(10-14)18(2)3/h4,6-7,10,15,17,19H,5,8-9,11-12H2,1-3H3. The fourth-order valence-electron chi connectivity index (χ4n) is 2.89. The van der Waals surface area contributed by atoms with Gasteiger partial charge < -0.3 is 20.1 Å². The summed E-state index contributed by atoms with van der Waals surface area (Å²) in [6.07, 6.45) is 4.17. The molecule has 1 aromatic rings. The molecule has 0 aliphatic heterocycles. The molecule has 2 atom stereocenters. The predicted molar refractivity (Wildman–Crippen MR) is 82.5 cm³/mol. The minimum atomic E-state index is -0.178. The number of aliphatic hydroxyl groups excluding tert-OH is 1. The van der Waals surface area contributed by atoms with Gasteiger partial charge in [-0.15, -0.1) is 0 Å². The summed E-state index contributed by atoms with van der Waals surface area (Å²) in [4.78, 5) is 2.07. The first-order valence-corrected chi connectivity index (χ1v) is 7.32. The monoisotopic (exact) mass is 278 g/mol. The molecule has 1 aliphatic rings. The lowest BCUT2D eigenvalue weighted by Crippen LogP contribution is -2.52. The predicted octanol–water partition coefficient (Wildman–Crippen LogP) is 2.02. The lowest BCUT2D eigenvalue weighted by Gasteiger charge is -2.39. The number of nitrogens with zero attached hydrogens (tertiary/aromatic N) is 1. The van der Waals surface area contributed by atoms with Crippen LogP contribution in [-0.2, 0) is 0 Å². The summed E-state index contributed by atoms with van der Waals surface area (Å²) in [5.74, 6) is 0.908. The van der Waals surface area contributed by atoms with E-state index in [2.05, 4.69) is 22.3 Å². The molecule has 0 heterocycles. The third-order valence-corrected chi connectivity index (χ3v) is 4.27. The van der Waals surface area contributed by atoms with Crippen molar-refractivity contribution >= 4 is 5.69 Å². The number of aliphatic hydroxyl groups is 1. The number of ether oxygens (including phenoxy) is 1. The van der Waals surface area contributed by atoms with Crippen LogP contribution in [0.1, 0.15) is 25.7 Å². The van der Waals surface area contributed by atoms with E-state index in [4.69, 9.17) is 4.74 Å². The number of hydrogen-bond acceptors (Lipinski definition) is 4. The van der Waals surface area contributed by atoms with Crippen molar-refractivity contribution in [3.05, 3.63) is 24.3 Å². The van der Waals surface area contributed by atoms with Gasteiger partial charge in [0.2, 0.25) is 0 Å². The van der Waals surface area contributed by atoms with Gasteiger partial charge in [-0.3, -0.25) is 0 Å². The Labute approximate surface area is 121 Å². The van der Waals surface area contributed by atoms with Crippen LogP contribution >= 0.6 is 0 Å². The molecule has 1 fully saturated rings. The van der Waals surface area contributed by atoms with Gasteiger partial charge in [0.05, 0.1) is 6.61 Å². The van der Waals surface area contributed by atoms with Crippen LogP contribution < -0.4 is 15.0 Å². The molecule has 2 unspecified atom stereocenters. The van der Waals surface area contributed by atoms with Gasteiger partial charge in [0.15, 0.2) is 0 Å². The maximum atomic E-state index is 9.62. The van der Waals surface area contributed by atoms with E-state index >= 15 is 0 Å². The maximum absolute atomic E-state index is 9.62. The van der Waals surface area contributed by atoms with E-state index in [1.54, 1.807) is 0 Å². The van der Waals surface area contributed by atoms with Crippen molar-refractivity contribution in [2.45, 2.75) is 37.3 Å². The van der Waals surface area contributed by atoms with Crippen molar-refractivity contribution in [2.75, 3.05) is 32.6 Å². The van der Waals surface area contributed by atoms with E-state index in [-0.39, 0.29) is 18.2 Å². The van der Waals surface area contributed by atoms with Gasteiger partial charge in [-0.1, -0.05) is 6.07 Å². The van der Waals surface area contributed by atoms with Gasteiger partial charge in [0.25, 0.3) is 0 Å². The Balaban J connectivity index is 2.04. The van der Waals surface area contributed by atoms with Crippen LogP contribution in [0, 0.1) is 0 Å². The molecule has 4 nitrogen and oxygen atoms in total. The fraction of sp³-hybridized carbons (Fsp3) is 0.625. The molecule has 0 saturated heterocycles. The molecule has 4 heteroatoms. The van der Waals surface area contributed by atoms with Crippen LogP contribution in [0.2, 0.25) is 0 Å². The van der Waals surface area contributed by atoms with Gasteiger partial charge in [0, 0.05) is 37.8 Å². The number of hydrogen-bond donors (Lipinski definition) is 2. The molecule has 112 valence electrons. The van der Waals surface area contributed by atoms with E-state index in [1.807, 2.05) is 33.3 Å². The molecule has 0 amide bonds. The summed E-state index contributed by atoms with van der Waals surface area (Å²) in [6, 6.07) is 8.15. The first-order valence-electron chi connectivity index (χ1n) is 7.32. The minimum Gasteiger partial charge on any atom is -0.490 e. The Bertz CT molecular complexity index is 430. The van der Waals surface area contributed by atoms with Crippen molar-refractivity contribution in [3.8, 4) is 5.75 Å². The lowest BCUT2D eigenvalue weighted by atomic mass is 9.81. The molecule has 2 N–H and O–H groups in total. The second kappa shape index (κ2) is 6.46. The Hall–Kier alpha value is -1.26. The molecule has 1 aromatic carbocycles. The summed E-state index contributed by atoms with van der Waals surface area (Å²) in [7, 11) is 5.97. The minimum absolute atomic E-state index is 0.167. The molecule has 20 heavy (non-hydrogen) atoms. The summed E-state index contributed by atoms with van der Waals surface area (Å²) < 4.78 is 6.13. The Kier molecular flexibility index (Phi) is 4.89. The molecule has 0 spiro atoms. The van der Waals surface area contributed by atoms with Crippen LogP contribution in [0.3, 0.4) is 0 Å². The zero-order valence-corrected chi connectivity index (χ0v) is 12.7. The van der Waals surface area contributed by atoms with Gasteiger partial charge in [0.1, 0.15) is 11.9 Å². The van der Waals surface area contributed by atoms with E-state index in [1.165, 1.54) is 0 Å². The topological polar surface area (TPSA) is 44.7 Å². The van der Waals surface area contributed by atoms with E-state index in [0.717, 1.165) is 37.1 Å². The van der Waals surface area contributed by atoms with E-state index < -0.39 is 0 Å². The zero-order valence-electron chi connectivity index (χ0n) is 12.7. The van der Waals surface area contributed by atoms with Gasteiger partial charge in [-0.25, -0.2) is 0 Å². The molecule has 0 bridgehead atoms. The van der Waals surface area contributed by atoms with Gasteiger partial charge >= 0.3 is 0 Å². The highest BCUT2D eigenvalue weighted by atomic mass is 16.5. The Morgan fingerprint density at radius 3 is 2.90 bits per heavy atom. The fourth-order valence-corrected chi connectivity index (χ4v) is 2.89. The average molecular weight is 278 g/mol. The van der Waals surface area contributed by atoms with Crippen LogP contribution in [0.4, 0.5) is 5.69 Å². The van der Waals surface area contributed by atoms with Crippen LogP contribution in [0.25, 0.3) is 0 Å². The van der Waals surface area contributed by atoms with Crippen molar-refractivity contribution in [1.29, 1.82) is 0 Å².